The number of hydrogen-bond donors (Lipinski definition) is 0. The van der Waals surface area contributed by atoms with Gasteiger partial charge in [-0.05, 0) is 102 Å². The lowest BCUT2D eigenvalue weighted by molar-refractivity contribution is 0.660. The van der Waals surface area contributed by atoms with Gasteiger partial charge in [-0.25, -0.2) is 4.98 Å². The molecule has 0 saturated carbocycles. The fourth-order valence-corrected chi connectivity index (χ4v) is 9.74. The highest BCUT2D eigenvalue weighted by molar-refractivity contribution is 5.96. The van der Waals surface area contributed by atoms with E-state index >= 15 is 0 Å². The van der Waals surface area contributed by atoms with E-state index in [0.717, 1.165) is 22.5 Å². The second-order valence-electron chi connectivity index (χ2n) is 15.1. The van der Waals surface area contributed by atoms with Crippen LogP contribution in [0.25, 0.3) is 67.0 Å². The van der Waals surface area contributed by atoms with Crippen LogP contribution in [-0.4, -0.2) is 4.98 Å². The zero-order valence-corrected chi connectivity index (χ0v) is 29.2. The molecule has 7 aromatic carbocycles. The minimum atomic E-state index is -0.342. The summed E-state index contributed by atoms with van der Waals surface area (Å²) in [6.45, 7) is 4.69. The SMILES string of the molecule is CC1(C)c2ccccc2-c2ccc(-c3cc(-c4ccc5c(c4)-c4ccccc4C54c5ccccc5-c5ccccc54)cc(-c4ccccc4)n3)cc21. The van der Waals surface area contributed by atoms with Crippen LogP contribution in [0, 0.1) is 0 Å². The zero-order valence-electron chi connectivity index (χ0n) is 29.2. The molecule has 1 aromatic heterocycles. The molecule has 1 nitrogen and oxygen atoms in total. The molecule has 0 fully saturated rings. The Morgan fingerprint density at radius 2 is 0.769 bits per heavy atom. The Labute approximate surface area is 304 Å². The molecule has 52 heavy (non-hydrogen) atoms. The standard InChI is InChI=1S/C51H35N/c1-50(2)42-20-10-6-16-36(42)40-26-24-34(29-47(40)50)49-31-35(30-48(52-49)32-14-4-3-5-15-32)33-25-27-46-41(28-33)39-19-9-13-23-45(39)51(46)43-21-11-7-17-37(43)38-18-8-12-22-44(38)51/h3-31H,1-2H3. The number of hydrogen-bond acceptors (Lipinski definition) is 1. The molecule has 1 heterocycles. The van der Waals surface area contributed by atoms with Crippen LogP contribution in [0.3, 0.4) is 0 Å². The average molecular weight is 662 g/mol. The molecule has 3 aliphatic carbocycles. The predicted octanol–water partition coefficient (Wildman–Crippen LogP) is 12.7. The topological polar surface area (TPSA) is 12.9 Å². The van der Waals surface area contributed by atoms with Crippen molar-refractivity contribution in [2.75, 3.05) is 0 Å². The molecule has 244 valence electrons. The highest BCUT2D eigenvalue weighted by Gasteiger charge is 2.51. The van der Waals surface area contributed by atoms with E-state index < -0.39 is 0 Å². The first-order chi connectivity index (χ1) is 25.5. The van der Waals surface area contributed by atoms with Crippen molar-refractivity contribution in [2.45, 2.75) is 24.7 Å². The Bertz CT molecular complexity index is 2720. The van der Waals surface area contributed by atoms with E-state index in [4.69, 9.17) is 4.98 Å². The first-order valence-corrected chi connectivity index (χ1v) is 18.3. The van der Waals surface area contributed by atoms with Crippen molar-refractivity contribution in [3.8, 4) is 67.0 Å². The van der Waals surface area contributed by atoms with Gasteiger partial charge < -0.3 is 0 Å². The van der Waals surface area contributed by atoms with Crippen LogP contribution in [0.2, 0.25) is 0 Å². The lowest BCUT2D eigenvalue weighted by Gasteiger charge is -2.30. The second kappa shape index (κ2) is 10.6. The normalized spacial score (nSPS) is 14.7. The van der Waals surface area contributed by atoms with Gasteiger partial charge >= 0.3 is 0 Å². The number of benzene rings is 7. The zero-order chi connectivity index (χ0) is 34.6. The van der Waals surface area contributed by atoms with E-state index in [1.165, 1.54) is 77.9 Å². The van der Waals surface area contributed by atoms with Crippen molar-refractivity contribution in [2.24, 2.45) is 0 Å². The molecule has 0 unspecified atom stereocenters. The van der Waals surface area contributed by atoms with Gasteiger partial charge in [0, 0.05) is 16.5 Å². The van der Waals surface area contributed by atoms with Crippen LogP contribution in [0.4, 0.5) is 0 Å². The summed E-state index contributed by atoms with van der Waals surface area (Å²) in [4.78, 5) is 5.34. The van der Waals surface area contributed by atoms with E-state index in [-0.39, 0.29) is 10.8 Å². The molecule has 11 rings (SSSR count). The minimum Gasteiger partial charge on any atom is -0.248 e. The van der Waals surface area contributed by atoms with Gasteiger partial charge in [0.05, 0.1) is 16.8 Å². The molecule has 1 spiro atoms. The first kappa shape index (κ1) is 29.4. The molecule has 8 aromatic rings. The molecule has 0 atom stereocenters. The molecule has 0 aliphatic heterocycles. The van der Waals surface area contributed by atoms with Gasteiger partial charge in [-0.3, -0.25) is 0 Å². The average Bonchev–Trinajstić information content (AvgIpc) is 3.76. The van der Waals surface area contributed by atoms with Crippen LogP contribution in [-0.2, 0) is 10.8 Å². The van der Waals surface area contributed by atoms with E-state index in [1.807, 2.05) is 0 Å². The number of nitrogens with zero attached hydrogens (tertiary/aromatic N) is 1. The Hall–Kier alpha value is -6.31. The van der Waals surface area contributed by atoms with Gasteiger partial charge in [0.2, 0.25) is 0 Å². The van der Waals surface area contributed by atoms with Crippen LogP contribution in [0.15, 0.2) is 176 Å². The van der Waals surface area contributed by atoms with Gasteiger partial charge in [-0.1, -0.05) is 166 Å². The highest BCUT2D eigenvalue weighted by Crippen LogP contribution is 2.63. The third-order valence-electron chi connectivity index (χ3n) is 12.1. The Balaban J connectivity index is 1.12. The second-order valence-corrected chi connectivity index (χ2v) is 15.1. The van der Waals surface area contributed by atoms with Crippen molar-refractivity contribution >= 4 is 0 Å². The predicted molar refractivity (Wildman–Crippen MR) is 214 cm³/mol. The maximum Gasteiger partial charge on any atom is 0.0725 e. The number of rotatable bonds is 3. The van der Waals surface area contributed by atoms with Crippen molar-refractivity contribution in [1.82, 2.24) is 4.98 Å². The van der Waals surface area contributed by atoms with E-state index in [9.17, 15) is 0 Å². The summed E-state index contributed by atoms with van der Waals surface area (Å²) in [6, 6.07) is 65.2. The lowest BCUT2D eigenvalue weighted by atomic mass is 9.70. The third kappa shape index (κ3) is 3.86. The van der Waals surface area contributed by atoms with E-state index in [1.54, 1.807) is 0 Å². The quantitative estimate of drug-likeness (QED) is 0.184. The van der Waals surface area contributed by atoms with Gasteiger partial charge in [0.1, 0.15) is 0 Å². The Morgan fingerprint density at radius 3 is 1.40 bits per heavy atom. The third-order valence-corrected chi connectivity index (χ3v) is 12.1. The lowest BCUT2D eigenvalue weighted by Crippen LogP contribution is -2.25. The molecular weight excluding hydrogens is 627 g/mol. The number of fused-ring (bicyclic) bond motifs is 13. The minimum absolute atomic E-state index is 0.0807. The first-order valence-electron chi connectivity index (χ1n) is 18.3. The molecule has 3 aliphatic rings. The number of aromatic nitrogens is 1. The molecule has 0 N–H and O–H groups in total. The maximum absolute atomic E-state index is 5.34. The smallest absolute Gasteiger partial charge is 0.0725 e. The van der Waals surface area contributed by atoms with Crippen molar-refractivity contribution < 1.29 is 0 Å². The van der Waals surface area contributed by atoms with Crippen LogP contribution < -0.4 is 0 Å². The maximum atomic E-state index is 5.34. The summed E-state index contributed by atoms with van der Waals surface area (Å²) in [5.74, 6) is 0. The summed E-state index contributed by atoms with van der Waals surface area (Å²) in [6.07, 6.45) is 0. The van der Waals surface area contributed by atoms with Gasteiger partial charge in [-0.2, -0.15) is 0 Å². The van der Waals surface area contributed by atoms with Crippen molar-refractivity contribution in [1.29, 1.82) is 0 Å². The summed E-state index contributed by atoms with van der Waals surface area (Å²) >= 11 is 0. The summed E-state index contributed by atoms with van der Waals surface area (Å²) in [5, 5.41) is 0. The monoisotopic (exact) mass is 661 g/mol. The van der Waals surface area contributed by atoms with Crippen LogP contribution in [0.1, 0.15) is 47.2 Å². The summed E-state index contributed by atoms with van der Waals surface area (Å²) in [7, 11) is 0. The van der Waals surface area contributed by atoms with Crippen molar-refractivity contribution in [3.05, 3.63) is 209 Å². The van der Waals surface area contributed by atoms with Gasteiger partial charge in [-0.15, -0.1) is 0 Å². The Kier molecular flexibility index (Phi) is 6.00. The molecule has 0 saturated heterocycles. The summed E-state index contributed by atoms with van der Waals surface area (Å²) in [5.41, 5.74) is 22.3. The van der Waals surface area contributed by atoms with Crippen LogP contribution in [0.5, 0.6) is 0 Å². The van der Waals surface area contributed by atoms with Crippen LogP contribution >= 0.6 is 0 Å². The molecular formula is C51H35N. The summed E-state index contributed by atoms with van der Waals surface area (Å²) < 4.78 is 0. The molecule has 0 bridgehead atoms. The fourth-order valence-electron chi connectivity index (χ4n) is 9.74. The molecule has 1 heteroatoms. The van der Waals surface area contributed by atoms with Crippen molar-refractivity contribution in [3.63, 3.8) is 0 Å². The van der Waals surface area contributed by atoms with E-state index in [2.05, 4.69) is 190 Å². The Morgan fingerprint density at radius 1 is 0.308 bits per heavy atom. The molecule has 0 radical (unpaired) electrons. The number of pyridine rings is 1. The van der Waals surface area contributed by atoms with E-state index in [0.29, 0.717) is 0 Å². The molecule has 0 amide bonds. The highest BCUT2D eigenvalue weighted by atomic mass is 14.7. The van der Waals surface area contributed by atoms with Gasteiger partial charge in [0.15, 0.2) is 0 Å². The fraction of sp³-hybridized carbons (Fsp3) is 0.0784. The largest absolute Gasteiger partial charge is 0.248 e. The van der Waals surface area contributed by atoms with Gasteiger partial charge in [0.25, 0.3) is 0 Å².